The van der Waals surface area contributed by atoms with Gasteiger partial charge in [-0.2, -0.15) is 13.2 Å². The van der Waals surface area contributed by atoms with Gasteiger partial charge >= 0.3 is 6.18 Å². The first-order valence-corrected chi connectivity index (χ1v) is 14.3. The van der Waals surface area contributed by atoms with Gasteiger partial charge in [-0.05, 0) is 52.1 Å². The number of nitrogens with zero attached hydrogens (tertiary/aromatic N) is 3. The molecular weight excluding hydrogens is 576 g/mol. The Labute approximate surface area is 242 Å². The number of aromatic nitrogens is 2. The molecule has 1 aliphatic carbocycles. The lowest BCUT2D eigenvalue weighted by Gasteiger charge is -2.44. The zero-order valence-corrected chi connectivity index (χ0v) is 24.0. The van der Waals surface area contributed by atoms with Gasteiger partial charge in [-0.1, -0.05) is 0 Å². The molecule has 4 N–H and O–H groups in total. The Morgan fingerprint density at radius 1 is 1.17 bits per heavy atom. The first-order chi connectivity index (χ1) is 19.7. The number of alkyl halides is 3. The van der Waals surface area contributed by atoms with Gasteiger partial charge in [0.05, 0.1) is 22.5 Å². The summed E-state index contributed by atoms with van der Waals surface area (Å²) in [4.78, 5) is 48.1. The van der Waals surface area contributed by atoms with E-state index in [9.17, 15) is 27.6 Å². The highest BCUT2D eigenvalue weighted by Gasteiger charge is 2.37. The SMILES string of the molecule is C[C@@H]1CN(c2cc(F)c(-c3nc(C(N)=O)c(CC4CC4)s3)cc2NC(=O)c2c[nH]c(=O)cc2C(F)(F)F)C[C@H](C)N1C. The minimum absolute atomic E-state index is 0.0312. The number of anilines is 2. The number of H-pyrrole nitrogens is 1. The standard InChI is InChI=1S/C28H30F4N6O3S/c1-13-11-38(12-14(2)37(13)3)21-9-19(29)16(27-36-24(25(33)40)22(42-27)6-15-4-5-15)7-20(21)35-26(41)17-10-34-23(39)8-18(17)28(30,31)32/h7-10,13-15H,4-6,11-12H2,1-3H3,(H2,33,40)(H,34,39)(H,35,41)/t13-,14+. The summed E-state index contributed by atoms with van der Waals surface area (Å²) in [5.41, 5.74) is 2.70. The molecule has 9 nitrogen and oxygen atoms in total. The molecule has 5 rings (SSSR count). The summed E-state index contributed by atoms with van der Waals surface area (Å²) in [5.74, 6) is -2.15. The average Bonchev–Trinajstić information content (AvgIpc) is 3.63. The number of hydrogen-bond acceptors (Lipinski definition) is 7. The van der Waals surface area contributed by atoms with E-state index in [1.165, 1.54) is 12.1 Å². The van der Waals surface area contributed by atoms with E-state index >= 15 is 4.39 Å². The van der Waals surface area contributed by atoms with E-state index in [4.69, 9.17) is 5.73 Å². The smallest absolute Gasteiger partial charge is 0.367 e. The van der Waals surface area contributed by atoms with Gasteiger partial charge in [0.2, 0.25) is 5.56 Å². The molecule has 0 bridgehead atoms. The number of carbonyl (C=O) groups excluding carboxylic acids is 2. The molecule has 2 aromatic heterocycles. The Kier molecular flexibility index (Phi) is 7.88. The molecule has 1 aliphatic heterocycles. The quantitative estimate of drug-likeness (QED) is 0.341. The van der Waals surface area contributed by atoms with Crippen LogP contribution in [0.3, 0.4) is 0 Å². The van der Waals surface area contributed by atoms with Crippen LogP contribution in [-0.4, -0.2) is 58.9 Å². The maximum Gasteiger partial charge on any atom is 0.417 e. The number of halogens is 4. The highest BCUT2D eigenvalue weighted by molar-refractivity contribution is 7.15. The van der Waals surface area contributed by atoms with Crippen LogP contribution in [-0.2, 0) is 12.6 Å². The molecule has 224 valence electrons. The topological polar surface area (TPSA) is 124 Å². The third-order valence-electron chi connectivity index (χ3n) is 7.84. The number of hydrogen-bond donors (Lipinski definition) is 3. The summed E-state index contributed by atoms with van der Waals surface area (Å²) >= 11 is 1.12. The van der Waals surface area contributed by atoms with E-state index in [1.807, 2.05) is 25.8 Å². The first-order valence-electron chi connectivity index (χ1n) is 13.4. The molecule has 2 amide bonds. The Morgan fingerprint density at radius 3 is 2.43 bits per heavy atom. The van der Waals surface area contributed by atoms with Crippen molar-refractivity contribution in [1.29, 1.82) is 0 Å². The molecule has 1 saturated carbocycles. The number of likely N-dealkylation sites (N-methyl/N-ethyl adjacent to an activating group) is 1. The van der Waals surface area contributed by atoms with Gasteiger partial charge in [-0.15, -0.1) is 11.3 Å². The second kappa shape index (κ2) is 11.1. The molecule has 0 unspecified atom stereocenters. The highest BCUT2D eigenvalue weighted by atomic mass is 32.1. The van der Waals surface area contributed by atoms with Gasteiger partial charge in [-0.25, -0.2) is 9.37 Å². The number of nitrogens with two attached hydrogens (primary N) is 1. The Hall–Kier alpha value is -3.78. The van der Waals surface area contributed by atoms with E-state index in [1.54, 1.807) is 0 Å². The van der Waals surface area contributed by atoms with Crippen molar-refractivity contribution in [3.05, 3.63) is 62.3 Å². The molecular formula is C28H30F4N6O3S. The zero-order chi connectivity index (χ0) is 30.5. The van der Waals surface area contributed by atoms with Crippen LogP contribution in [0.1, 0.15) is 58.0 Å². The summed E-state index contributed by atoms with van der Waals surface area (Å²) in [7, 11) is 1.96. The van der Waals surface area contributed by atoms with Crippen LogP contribution >= 0.6 is 11.3 Å². The van der Waals surface area contributed by atoms with Gasteiger partial charge < -0.3 is 20.9 Å². The van der Waals surface area contributed by atoms with E-state index in [0.29, 0.717) is 42.6 Å². The lowest BCUT2D eigenvalue weighted by molar-refractivity contribution is -0.138. The number of thiazole rings is 1. The summed E-state index contributed by atoms with van der Waals surface area (Å²) in [6.45, 7) is 4.90. The van der Waals surface area contributed by atoms with Crippen LogP contribution in [0, 0.1) is 11.7 Å². The van der Waals surface area contributed by atoms with Crippen molar-refractivity contribution in [2.45, 2.75) is 51.4 Å². The monoisotopic (exact) mass is 606 g/mol. The molecule has 2 aliphatic rings. The Bertz CT molecular complexity index is 1590. The van der Waals surface area contributed by atoms with E-state index in [2.05, 4.69) is 20.2 Å². The maximum absolute atomic E-state index is 15.8. The fourth-order valence-corrected chi connectivity index (χ4v) is 6.35. The second-order valence-corrected chi connectivity index (χ2v) is 12.1. The molecule has 2 fully saturated rings. The molecule has 14 heteroatoms. The van der Waals surface area contributed by atoms with Gasteiger partial charge in [0.25, 0.3) is 11.8 Å². The largest absolute Gasteiger partial charge is 0.417 e. The van der Waals surface area contributed by atoms with Crippen molar-refractivity contribution in [2.24, 2.45) is 11.7 Å². The molecule has 0 radical (unpaired) electrons. The maximum atomic E-state index is 15.8. The lowest BCUT2D eigenvalue weighted by Crippen LogP contribution is -2.55. The molecule has 0 spiro atoms. The number of carbonyl (C=O) groups is 2. The van der Waals surface area contributed by atoms with Crippen molar-refractivity contribution in [1.82, 2.24) is 14.9 Å². The van der Waals surface area contributed by atoms with E-state index in [0.717, 1.165) is 24.2 Å². The van der Waals surface area contributed by atoms with Crippen molar-refractivity contribution in [2.75, 3.05) is 30.4 Å². The lowest BCUT2D eigenvalue weighted by atomic mass is 10.1. The van der Waals surface area contributed by atoms with E-state index < -0.39 is 40.5 Å². The number of aromatic amines is 1. The highest BCUT2D eigenvalue weighted by Crippen LogP contribution is 2.41. The summed E-state index contributed by atoms with van der Waals surface area (Å²) in [5, 5.41) is 2.69. The van der Waals surface area contributed by atoms with Crippen LogP contribution in [0.15, 0.2) is 29.2 Å². The molecule has 42 heavy (non-hydrogen) atoms. The Balaban J connectivity index is 1.60. The Morgan fingerprint density at radius 2 is 1.83 bits per heavy atom. The first kappa shape index (κ1) is 29.7. The molecule has 1 saturated heterocycles. The molecule has 1 aromatic carbocycles. The van der Waals surface area contributed by atoms with Gasteiger partial charge in [0.15, 0.2) is 0 Å². The van der Waals surface area contributed by atoms with Crippen LogP contribution in [0.4, 0.5) is 28.9 Å². The van der Waals surface area contributed by atoms with Crippen LogP contribution in [0.5, 0.6) is 0 Å². The van der Waals surface area contributed by atoms with Crippen molar-refractivity contribution < 1.29 is 27.2 Å². The predicted molar refractivity (Wildman–Crippen MR) is 151 cm³/mol. The molecule has 3 aromatic rings. The van der Waals surface area contributed by atoms with Gasteiger partial charge in [-0.3, -0.25) is 19.3 Å². The number of benzene rings is 1. The third-order valence-corrected chi connectivity index (χ3v) is 8.95. The molecule has 3 heterocycles. The summed E-state index contributed by atoms with van der Waals surface area (Å²) in [6, 6.07) is 2.97. The molecule has 2 atom stereocenters. The minimum Gasteiger partial charge on any atom is -0.367 e. The third kappa shape index (κ3) is 6.04. The number of primary amides is 1. The van der Waals surface area contributed by atoms with E-state index in [-0.39, 0.29) is 39.7 Å². The fraction of sp³-hybridized carbons (Fsp3) is 0.429. The second-order valence-electron chi connectivity index (χ2n) is 11.0. The summed E-state index contributed by atoms with van der Waals surface area (Å²) in [6.07, 6.45) is -1.66. The van der Waals surface area contributed by atoms with Gasteiger partial charge in [0.1, 0.15) is 16.5 Å². The number of piperazine rings is 1. The predicted octanol–water partition coefficient (Wildman–Crippen LogP) is 4.49. The van der Waals surface area contributed by atoms with Crippen molar-refractivity contribution in [3.63, 3.8) is 0 Å². The number of pyridine rings is 1. The minimum atomic E-state index is -4.97. The summed E-state index contributed by atoms with van der Waals surface area (Å²) < 4.78 is 57.0. The number of amides is 2. The number of rotatable bonds is 7. The normalized spacial score (nSPS) is 19.6. The number of nitrogens with one attached hydrogen (secondary N) is 2. The van der Waals surface area contributed by atoms with Crippen molar-refractivity contribution >= 4 is 34.5 Å². The van der Waals surface area contributed by atoms with Gasteiger partial charge in [0, 0.05) is 53.9 Å². The van der Waals surface area contributed by atoms with Crippen molar-refractivity contribution in [3.8, 4) is 10.6 Å². The van der Waals surface area contributed by atoms with Crippen LogP contribution < -0.4 is 21.5 Å². The average molecular weight is 607 g/mol. The zero-order valence-electron chi connectivity index (χ0n) is 23.1. The fourth-order valence-electron chi connectivity index (χ4n) is 5.16. The van der Waals surface area contributed by atoms with Crippen LogP contribution in [0.25, 0.3) is 10.6 Å². The van der Waals surface area contributed by atoms with Crippen LogP contribution in [0.2, 0.25) is 0 Å².